The van der Waals surface area contributed by atoms with E-state index >= 15 is 0 Å². The summed E-state index contributed by atoms with van der Waals surface area (Å²) in [6.07, 6.45) is 1.85. The molecule has 0 saturated heterocycles. The highest BCUT2D eigenvalue weighted by Gasteiger charge is 2.18. The summed E-state index contributed by atoms with van der Waals surface area (Å²) in [6.45, 7) is 4.30. The van der Waals surface area contributed by atoms with Crippen molar-refractivity contribution in [3.8, 4) is 0 Å². The molecule has 3 heteroatoms. The fourth-order valence-corrected chi connectivity index (χ4v) is 2.28. The summed E-state index contributed by atoms with van der Waals surface area (Å²) in [4.78, 5) is 24.5. The van der Waals surface area contributed by atoms with Crippen molar-refractivity contribution in [1.29, 1.82) is 0 Å². The first-order valence-corrected chi connectivity index (χ1v) is 7.99. The lowest BCUT2D eigenvalue weighted by Crippen LogP contribution is -2.14. The Morgan fingerprint density at radius 1 is 1.00 bits per heavy atom. The van der Waals surface area contributed by atoms with Crippen molar-refractivity contribution in [2.45, 2.75) is 32.6 Å². The molecule has 0 aliphatic heterocycles. The second kappa shape index (κ2) is 8.28. The molecule has 3 nitrogen and oxygen atoms in total. The third-order valence-corrected chi connectivity index (χ3v) is 3.78. The van der Waals surface area contributed by atoms with Crippen molar-refractivity contribution in [2.24, 2.45) is 0 Å². The van der Waals surface area contributed by atoms with Crippen LogP contribution < -0.4 is 0 Å². The number of hydrogen-bond donors (Lipinski definition) is 0. The molecule has 0 fully saturated rings. The van der Waals surface area contributed by atoms with E-state index in [1.54, 1.807) is 37.3 Å². The van der Waals surface area contributed by atoms with Gasteiger partial charge in [0.15, 0.2) is 5.78 Å². The van der Waals surface area contributed by atoms with Crippen molar-refractivity contribution >= 4 is 11.8 Å². The van der Waals surface area contributed by atoms with E-state index < -0.39 is 0 Å². The van der Waals surface area contributed by atoms with Crippen LogP contribution in [-0.2, 0) is 9.53 Å². The van der Waals surface area contributed by atoms with E-state index in [0.717, 1.165) is 18.4 Å². The van der Waals surface area contributed by atoms with Gasteiger partial charge in [0.1, 0.15) is 0 Å². The molecule has 120 valence electrons. The van der Waals surface area contributed by atoms with Crippen LogP contribution in [0.5, 0.6) is 0 Å². The van der Waals surface area contributed by atoms with Crippen molar-refractivity contribution in [1.82, 2.24) is 0 Å². The normalized spacial score (nSPS) is 11.7. The second-order valence-electron chi connectivity index (χ2n) is 5.56. The molecule has 1 atom stereocenters. The Morgan fingerprint density at radius 2 is 1.70 bits per heavy atom. The Bertz CT molecular complexity index is 662. The zero-order valence-electron chi connectivity index (χ0n) is 13.6. The van der Waals surface area contributed by atoms with Crippen LogP contribution in [0.15, 0.2) is 54.6 Å². The Morgan fingerprint density at radius 3 is 2.39 bits per heavy atom. The van der Waals surface area contributed by atoms with Crippen molar-refractivity contribution in [2.75, 3.05) is 6.61 Å². The molecule has 2 aromatic rings. The van der Waals surface area contributed by atoms with Gasteiger partial charge in [0, 0.05) is 11.1 Å². The van der Waals surface area contributed by atoms with Gasteiger partial charge in [-0.2, -0.15) is 0 Å². The molecule has 2 rings (SSSR count). The van der Waals surface area contributed by atoms with Crippen LogP contribution in [0.1, 0.15) is 54.1 Å². The third-order valence-electron chi connectivity index (χ3n) is 3.78. The van der Waals surface area contributed by atoms with Gasteiger partial charge in [-0.05, 0) is 25.0 Å². The molecule has 0 amide bonds. The van der Waals surface area contributed by atoms with Crippen LogP contribution in [-0.4, -0.2) is 18.4 Å². The minimum Gasteiger partial charge on any atom is -0.465 e. The van der Waals surface area contributed by atoms with E-state index in [2.05, 4.69) is 6.92 Å². The second-order valence-corrected chi connectivity index (χ2v) is 5.56. The van der Waals surface area contributed by atoms with E-state index in [9.17, 15) is 9.59 Å². The van der Waals surface area contributed by atoms with Gasteiger partial charge in [-0.3, -0.25) is 9.59 Å². The van der Waals surface area contributed by atoms with Crippen LogP contribution in [0.2, 0.25) is 0 Å². The smallest absolute Gasteiger partial charge is 0.313 e. The minimum absolute atomic E-state index is 0.0426. The average molecular weight is 310 g/mol. The summed E-state index contributed by atoms with van der Waals surface area (Å²) in [5.41, 5.74) is 2.03. The molecule has 0 saturated carbocycles. The molecule has 0 unspecified atom stereocenters. The summed E-state index contributed by atoms with van der Waals surface area (Å²) in [7, 11) is 0. The van der Waals surface area contributed by atoms with Crippen LogP contribution in [0.4, 0.5) is 0 Å². The number of ketones is 1. The maximum atomic E-state index is 12.5. The number of benzene rings is 2. The van der Waals surface area contributed by atoms with Gasteiger partial charge in [-0.1, -0.05) is 61.9 Å². The van der Waals surface area contributed by atoms with Crippen LogP contribution in [0.3, 0.4) is 0 Å². The van der Waals surface area contributed by atoms with Crippen LogP contribution >= 0.6 is 0 Å². The highest BCUT2D eigenvalue weighted by atomic mass is 16.5. The Balaban J connectivity index is 2.13. The highest BCUT2D eigenvalue weighted by molar-refractivity contribution is 6.09. The zero-order chi connectivity index (χ0) is 16.7. The first-order chi connectivity index (χ1) is 11.1. The van der Waals surface area contributed by atoms with Crippen molar-refractivity contribution in [3.05, 3.63) is 71.3 Å². The molecular formula is C20H22O3. The highest BCUT2D eigenvalue weighted by Crippen LogP contribution is 2.20. The molecule has 0 N–H and O–H groups in total. The zero-order valence-corrected chi connectivity index (χ0v) is 13.6. The van der Waals surface area contributed by atoms with Gasteiger partial charge in [0.25, 0.3) is 0 Å². The van der Waals surface area contributed by atoms with Gasteiger partial charge in [0.2, 0.25) is 0 Å². The third kappa shape index (κ3) is 4.52. The van der Waals surface area contributed by atoms with E-state index in [1.807, 2.05) is 24.3 Å². The lowest BCUT2D eigenvalue weighted by molar-refractivity contribution is -0.145. The van der Waals surface area contributed by atoms with E-state index in [-0.39, 0.29) is 17.7 Å². The first-order valence-electron chi connectivity index (χ1n) is 7.99. The lowest BCUT2D eigenvalue weighted by Gasteiger charge is -2.12. The van der Waals surface area contributed by atoms with Crippen LogP contribution in [0.25, 0.3) is 0 Å². The number of rotatable bonds is 7. The van der Waals surface area contributed by atoms with Gasteiger partial charge in [-0.25, -0.2) is 0 Å². The quantitative estimate of drug-likeness (QED) is 0.433. The van der Waals surface area contributed by atoms with Gasteiger partial charge in [0.05, 0.1) is 12.5 Å². The molecule has 23 heavy (non-hydrogen) atoms. The number of ether oxygens (including phenoxy) is 1. The maximum absolute atomic E-state index is 12.5. The molecular weight excluding hydrogens is 288 g/mol. The maximum Gasteiger partial charge on any atom is 0.313 e. The number of esters is 1. The molecule has 0 spiro atoms. The van der Waals surface area contributed by atoms with Crippen molar-refractivity contribution in [3.63, 3.8) is 0 Å². The molecule has 0 bridgehead atoms. The van der Waals surface area contributed by atoms with Gasteiger partial charge >= 0.3 is 5.97 Å². The predicted molar refractivity (Wildman–Crippen MR) is 90.6 cm³/mol. The number of unbranched alkanes of at least 4 members (excludes halogenated alkanes) is 1. The Hall–Kier alpha value is -2.42. The minimum atomic E-state index is -0.379. The fourth-order valence-electron chi connectivity index (χ4n) is 2.28. The van der Waals surface area contributed by atoms with Crippen LogP contribution in [0, 0.1) is 0 Å². The summed E-state index contributed by atoms with van der Waals surface area (Å²) < 4.78 is 5.26. The van der Waals surface area contributed by atoms with E-state index in [1.165, 1.54) is 0 Å². The molecule has 0 aliphatic carbocycles. The Kier molecular flexibility index (Phi) is 6.10. The lowest BCUT2D eigenvalue weighted by atomic mass is 9.96. The summed E-state index contributed by atoms with van der Waals surface area (Å²) in [5, 5.41) is 0. The number of carbonyl (C=O) groups excluding carboxylic acids is 2. The molecule has 2 aromatic carbocycles. The summed E-state index contributed by atoms with van der Waals surface area (Å²) in [6, 6.07) is 16.3. The molecule has 0 aliphatic rings. The van der Waals surface area contributed by atoms with Gasteiger partial charge in [-0.15, -0.1) is 0 Å². The topological polar surface area (TPSA) is 43.4 Å². The largest absolute Gasteiger partial charge is 0.465 e. The summed E-state index contributed by atoms with van der Waals surface area (Å²) >= 11 is 0. The molecule has 0 aromatic heterocycles. The SMILES string of the molecule is CCCCOC(=O)[C@@H](C)c1cccc(C(=O)c2ccccc2)c1. The fraction of sp³-hybridized carbons (Fsp3) is 0.300. The summed E-state index contributed by atoms with van der Waals surface area (Å²) in [5.74, 6) is -0.669. The monoisotopic (exact) mass is 310 g/mol. The first kappa shape index (κ1) is 16.9. The number of carbonyl (C=O) groups is 2. The van der Waals surface area contributed by atoms with Crippen molar-refractivity contribution < 1.29 is 14.3 Å². The Labute approximate surface area is 137 Å². The predicted octanol–water partition coefficient (Wildman–Crippen LogP) is 4.36. The van der Waals surface area contributed by atoms with E-state index in [4.69, 9.17) is 4.74 Å². The van der Waals surface area contributed by atoms with E-state index in [0.29, 0.717) is 17.7 Å². The number of hydrogen-bond acceptors (Lipinski definition) is 3. The molecule has 0 radical (unpaired) electrons. The molecule has 0 heterocycles. The average Bonchev–Trinajstić information content (AvgIpc) is 2.61. The standard InChI is InChI=1S/C20H22O3/c1-3-4-13-23-20(22)15(2)17-11-8-12-18(14-17)19(21)16-9-6-5-7-10-16/h5-12,14-15H,3-4,13H2,1-2H3/t15-/m0/s1. The van der Waals surface area contributed by atoms with Gasteiger partial charge < -0.3 is 4.74 Å².